The second-order valence-corrected chi connectivity index (χ2v) is 7.93. The largest absolute Gasteiger partial charge is 0.390 e. The van der Waals surface area contributed by atoms with Crippen molar-refractivity contribution in [3.63, 3.8) is 0 Å². The van der Waals surface area contributed by atoms with E-state index in [9.17, 15) is 14.3 Å². The SMILES string of the molecule is O=C(NC12CCC(O)(CC1)C2)c1ccc(-c2ncc(F)c3[nH]ccc23)cc1. The van der Waals surface area contributed by atoms with Crippen molar-refractivity contribution < 1.29 is 14.3 Å². The van der Waals surface area contributed by atoms with Gasteiger partial charge in [-0.25, -0.2) is 4.39 Å². The molecule has 138 valence electrons. The van der Waals surface area contributed by atoms with Gasteiger partial charge in [0.1, 0.15) is 0 Å². The number of aromatic nitrogens is 2. The van der Waals surface area contributed by atoms with Crippen molar-refractivity contribution in [2.75, 3.05) is 0 Å². The molecule has 2 aromatic heterocycles. The molecule has 6 heteroatoms. The summed E-state index contributed by atoms with van der Waals surface area (Å²) < 4.78 is 13.8. The second-order valence-electron chi connectivity index (χ2n) is 7.93. The first kappa shape index (κ1) is 16.4. The van der Waals surface area contributed by atoms with Gasteiger partial charge in [-0.3, -0.25) is 9.78 Å². The molecule has 0 unspecified atom stereocenters. The maximum atomic E-state index is 13.8. The lowest BCUT2D eigenvalue weighted by Gasteiger charge is -2.27. The molecule has 3 N–H and O–H groups in total. The van der Waals surface area contributed by atoms with E-state index in [-0.39, 0.29) is 17.3 Å². The fourth-order valence-corrected chi connectivity index (χ4v) is 4.69. The maximum absolute atomic E-state index is 13.8. The highest BCUT2D eigenvalue weighted by atomic mass is 19.1. The van der Waals surface area contributed by atoms with E-state index >= 15 is 0 Å². The van der Waals surface area contributed by atoms with Crippen LogP contribution in [-0.2, 0) is 0 Å². The second kappa shape index (κ2) is 5.63. The first-order valence-electron chi connectivity index (χ1n) is 9.24. The molecule has 2 heterocycles. The van der Waals surface area contributed by atoms with Gasteiger partial charge in [-0.05, 0) is 50.3 Å². The lowest BCUT2D eigenvalue weighted by atomic mass is 9.92. The third-order valence-electron chi connectivity index (χ3n) is 6.15. The highest BCUT2D eigenvalue weighted by Crippen LogP contribution is 2.50. The lowest BCUT2D eigenvalue weighted by molar-refractivity contribution is 0.0521. The van der Waals surface area contributed by atoms with E-state index in [2.05, 4.69) is 15.3 Å². The predicted molar refractivity (Wildman–Crippen MR) is 99.7 cm³/mol. The number of fused-ring (bicyclic) bond motifs is 3. The number of nitrogens with zero attached hydrogens (tertiary/aromatic N) is 1. The molecule has 0 spiro atoms. The quantitative estimate of drug-likeness (QED) is 0.664. The number of pyridine rings is 1. The summed E-state index contributed by atoms with van der Waals surface area (Å²) in [4.78, 5) is 19.8. The molecule has 5 nitrogen and oxygen atoms in total. The van der Waals surface area contributed by atoms with E-state index in [0.717, 1.165) is 31.2 Å². The van der Waals surface area contributed by atoms with Crippen molar-refractivity contribution in [2.24, 2.45) is 0 Å². The van der Waals surface area contributed by atoms with Gasteiger partial charge in [0.05, 0.1) is 23.0 Å². The third-order valence-corrected chi connectivity index (χ3v) is 6.15. The smallest absolute Gasteiger partial charge is 0.251 e. The van der Waals surface area contributed by atoms with Crippen LogP contribution in [0.25, 0.3) is 22.2 Å². The van der Waals surface area contributed by atoms with Crippen molar-refractivity contribution in [2.45, 2.75) is 43.2 Å². The Hall–Kier alpha value is -2.73. The monoisotopic (exact) mass is 365 g/mol. The number of carbonyl (C=O) groups is 1. The minimum Gasteiger partial charge on any atom is -0.390 e. The van der Waals surface area contributed by atoms with Crippen LogP contribution in [0.4, 0.5) is 4.39 Å². The summed E-state index contributed by atoms with van der Waals surface area (Å²) in [7, 11) is 0. The average Bonchev–Trinajstić information content (AvgIpc) is 3.35. The number of H-pyrrole nitrogens is 1. The number of amides is 1. The highest BCUT2D eigenvalue weighted by Gasteiger charge is 2.54. The summed E-state index contributed by atoms with van der Waals surface area (Å²) >= 11 is 0. The van der Waals surface area contributed by atoms with Crippen LogP contribution < -0.4 is 5.32 Å². The van der Waals surface area contributed by atoms with Gasteiger partial charge in [0.15, 0.2) is 5.82 Å². The van der Waals surface area contributed by atoms with Crippen LogP contribution >= 0.6 is 0 Å². The fraction of sp³-hybridized carbons (Fsp3) is 0.333. The van der Waals surface area contributed by atoms with E-state index in [1.54, 1.807) is 24.4 Å². The van der Waals surface area contributed by atoms with E-state index in [1.807, 2.05) is 12.1 Å². The van der Waals surface area contributed by atoms with Crippen molar-refractivity contribution in [3.8, 4) is 11.3 Å². The number of nitrogens with one attached hydrogen (secondary N) is 2. The Morgan fingerprint density at radius 1 is 1.15 bits per heavy atom. The van der Waals surface area contributed by atoms with Crippen molar-refractivity contribution in [3.05, 3.63) is 54.1 Å². The van der Waals surface area contributed by atoms with Gasteiger partial charge in [0, 0.05) is 28.2 Å². The highest BCUT2D eigenvalue weighted by molar-refractivity contribution is 5.97. The zero-order chi connectivity index (χ0) is 18.6. The molecular weight excluding hydrogens is 345 g/mol. The first-order chi connectivity index (χ1) is 13.0. The number of rotatable bonds is 3. The van der Waals surface area contributed by atoms with Crippen LogP contribution in [-0.4, -0.2) is 32.1 Å². The predicted octanol–water partition coefficient (Wildman–Crippen LogP) is 3.55. The molecule has 2 aliphatic carbocycles. The van der Waals surface area contributed by atoms with Gasteiger partial charge >= 0.3 is 0 Å². The standard InChI is InChI=1S/C21H20FN3O2/c22-16-11-24-17(15-5-10-23-18(15)16)13-1-3-14(4-2-13)19(26)25-20-6-8-21(27,12-20)9-7-20/h1-5,10-11,23,27H,6-9,12H2,(H,25,26). The van der Waals surface area contributed by atoms with Crippen LogP contribution in [0.2, 0.25) is 0 Å². The normalized spacial score (nSPS) is 26.6. The zero-order valence-electron chi connectivity index (χ0n) is 14.8. The first-order valence-corrected chi connectivity index (χ1v) is 9.24. The van der Waals surface area contributed by atoms with Crippen LogP contribution in [0.1, 0.15) is 42.5 Å². The molecule has 0 radical (unpaired) electrons. The summed E-state index contributed by atoms with van der Waals surface area (Å²) in [5.41, 5.74) is 1.65. The number of aliphatic hydroxyl groups is 1. The van der Waals surface area contributed by atoms with Crippen molar-refractivity contribution in [1.82, 2.24) is 15.3 Å². The van der Waals surface area contributed by atoms with Gasteiger partial charge < -0.3 is 15.4 Å². The molecule has 0 atom stereocenters. The molecule has 27 heavy (non-hydrogen) atoms. The minimum absolute atomic E-state index is 0.119. The van der Waals surface area contributed by atoms with Gasteiger partial charge in [0.25, 0.3) is 5.91 Å². The molecule has 5 rings (SSSR count). The molecule has 0 aliphatic heterocycles. The van der Waals surface area contributed by atoms with Crippen LogP contribution in [0.3, 0.4) is 0 Å². The van der Waals surface area contributed by atoms with Crippen LogP contribution in [0, 0.1) is 5.82 Å². The fourth-order valence-electron chi connectivity index (χ4n) is 4.69. The summed E-state index contributed by atoms with van der Waals surface area (Å²) in [6.45, 7) is 0. The number of halogens is 1. The molecule has 3 aromatic rings. The molecule has 2 fully saturated rings. The maximum Gasteiger partial charge on any atom is 0.251 e. The van der Waals surface area contributed by atoms with E-state index in [1.165, 1.54) is 6.20 Å². The lowest BCUT2D eigenvalue weighted by Crippen LogP contribution is -2.45. The molecule has 2 aliphatic rings. The van der Waals surface area contributed by atoms with Gasteiger partial charge in [0.2, 0.25) is 0 Å². The third kappa shape index (κ3) is 2.63. The topological polar surface area (TPSA) is 78.0 Å². The Bertz CT molecular complexity index is 1030. The Morgan fingerprint density at radius 2 is 1.89 bits per heavy atom. The molecule has 1 amide bonds. The van der Waals surface area contributed by atoms with Crippen molar-refractivity contribution >= 4 is 16.8 Å². The molecule has 2 bridgehead atoms. The molecule has 2 saturated carbocycles. The van der Waals surface area contributed by atoms with Gasteiger partial charge in [-0.2, -0.15) is 0 Å². The van der Waals surface area contributed by atoms with Crippen molar-refractivity contribution in [1.29, 1.82) is 0 Å². The van der Waals surface area contributed by atoms with E-state index in [0.29, 0.717) is 28.6 Å². The minimum atomic E-state index is -0.590. The number of hydrogen-bond donors (Lipinski definition) is 3. The summed E-state index contributed by atoms with van der Waals surface area (Å²) in [5.74, 6) is -0.506. The summed E-state index contributed by atoms with van der Waals surface area (Å²) in [6.07, 6.45) is 6.72. The van der Waals surface area contributed by atoms with Gasteiger partial charge in [-0.1, -0.05) is 12.1 Å². The molecule has 0 saturated heterocycles. The Morgan fingerprint density at radius 3 is 2.56 bits per heavy atom. The Balaban J connectivity index is 1.39. The van der Waals surface area contributed by atoms with E-state index < -0.39 is 5.60 Å². The average molecular weight is 365 g/mol. The summed E-state index contributed by atoms with van der Waals surface area (Å²) in [6, 6.07) is 8.99. The van der Waals surface area contributed by atoms with Crippen LogP contribution in [0.15, 0.2) is 42.7 Å². The molecular formula is C21H20FN3O2. The zero-order valence-corrected chi connectivity index (χ0v) is 14.8. The molecule has 1 aromatic carbocycles. The number of carbonyl (C=O) groups excluding carboxylic acids is 1. The van der Waals surface area contributed by atoms with E-state index in [4.69, 9.17) is 0 Å². The van der Waals surface area contributed by atoms with Crippen LogP contribution in [0.5, 0.6) is 0 Å². The Kier molecular flexibility index (Phi) is 3.43. The number of hydrogen-bond acceptors (Lipinski definition) is 3. The number of aromatic amines is 1. The Labute approximate surface area is 155 Å². The summed E-state index contributed by atoms with van der Waals surface area (Å²) in [5, 5.41) is 14.2. The number of benzene rings is 1. The van der Waals surface area contributed by atoms with Gasteiger partial charge in [-0.15, -0.1) is 0 Å².